The van der Waals surface area contributed by atoms with Gasteiger partial charge in [0, 0.05) is 44.4 Å². The second-order valence-corrected chi connectivity index (χ2v) is 11.0. The molecule has 0 bridgehead atoms. The Balaban J connectivity index is 1.31. The molecule has 1 saturated carbocycles. The number of carbonyl (C=O) groups is 1. The maximum absolute atomic E-state index is 12.8. The Morgan fingerprint density at radius 2 is 1.60 bits per heavy atom. The van der Waals surface area contributed by atoms with Gasteiger partial charge in [-0.05, 0) is 55.0 Å². The molecule has 0 aromatic heterocycles. The number of amides is 1. The number of nitrogens with two attached hydrogens (primary N) is 1. The monoisotopic (exact) mass is 491 g/mol. The van der Waals surface area contributed by atoms with Crippen molar-refractivity contribution in [3.05, 3.63) is 59.7 Å². The first-order valence-corrected chi connectivity index (χ1v) is 13.1. The van der Waals surface area contributed by atoms with Crippen LogP contribution < -0.4 is 11.1 Å². The molecule has 1 aliphatic heterocycles. The first-order valence-electron chi connectivity index (χ1n) is 12.6. The van der Waals surface area contributed by atoms with Crippen LogP contribution in [0.2, 0.25) is 0 Å². The molecule has 1 amide bonds. The number of nitrogens with one attached hydrogen (secondary N) is 1. The average molecular weight is 492 g/mol. The average Bonchev–Trinajstić information content (AvgIpc) is 2.88. The van der Waals surface area contributed by atoms with E-state index < -0.39 is 11.6 Å². The lowest BCUT2D eigenvalue weighted by molar-refractivity contribution is -0.127. The van der Waals surface area contributed by atoms with Crippen molar-refractivity contribution in [3.63, 3.8) is 0 Å². The third-order valence-electron chi connectivity index (χ3n) is 7.44. The second-order valence-electron chi connectivity index (χ2n) is 10.2. The number of rotatable bonds is 7. The smallest absolute Gasteiger partial charge is 0.241 e. The maximum atomic E-state index is 12.8. The van der Waals surface area contributed by atoms with Crippen LogP contribution in [0.3, 0.4) is 0 Å². The van der Waals surface area contributed by atoms with Gasteiger partial charge in [0.05, 0.1) is 11.6 Å². The third-order valence-corrected chi connectivity index (χ3v) is 7.96. The Morgan fingerprint density at radius 3 is 2.14 bits per heavy atom. The second kappa shape index (κ2) is 11.6. The van der Waals surface area contributed by atoms with Crippen molar-refractivity contribution in [2.75, 3.05) is 33.2 Å². The number of likely N-dealkylation sites (N-methyl/N-ethyl adjacent to an activating group) is 1. The van der Waals surface area contributed by atoms with Crippen molar-refractivity contribution in [1.29, 1.82) is 5.26 Å². The minimum Gasteiger partial charge on any atom is -0.338 e. The van der Waals surface area contributed by atoms with Crippen LogP contribution in [0.15, 0.2) is 48.5 Å². The van der Waals surface area contributed by atoms with Gasteiger partial charge in [-0.1, -0.05) is 48.5 Å². The van der Waals surface area contributed by atoms with E-state index in [-0.39, 0.29) is 5.91 Å². The zero-order valence-corrected chi connectivity index (χ0v) is 21.5. The number of thiol groups is 1. The molecule has 1 aliphatic carbocycles. The molecule has 3 N–H and O–H groups in total. The molecule has 1 atom stereocenters. The van der Waals surface area contributed by atoms with E-state index in [9.17, 15) is 10.1 Å². The molecule has 6 nitrogen and oxygen atoms in total. The number of hydrogen-bond donors (Lipinski definition) is 3. The van der Waals surface area contributed by atoms with Gasteiger partial charge in [-0.15, -0.1) is 0 Å². The predicted octanol–water partition coefficient (Wildman–Crippen LogP) is 3.22. The van der Waals surface area contributed by atoms with E-state index in [0.717, 1.165) is 56.7 Å². The van der Waals surface area contributed by atoms with Crippen molar-refractivity contribution in [2.24, 2.45) is 5.73 Å². The molecule has 2 fully saturated rings. The molecule has 2 aromatic rings. The topological polar surface area (TPSA) is 85.4 Å². The molecule has 35 heavy (non-hydrogen) atoms. The standard InChI is InChI=1S/C28H37N5OS/c1-32-14-16-33(17-15-32)20-22-4-8-24(9-5-22)23-6-2-21(3-7-23)18-25(19-29)31-27(34)28(30)12-10-26(35)11-13-28/h2-9,25-26,35H,10-18,20,30H2,1H3,(H,31,34). The highest BCUT2D eigenvalue weighted by Gasteiger charge is 2.38. The van der Waals surface area contributed by atoms with Crippen molar-refractivity contribution >= 4 is 18.5 Å². The summed E-state index contributed by atoms with van der Waals surface area (Å²) in [6.07, 6.45) is 3.31. The van der Waals surface area contributed by atoms with Gasteiger partial charge in [0.25, 0.3) is 0 Å². The number of hydrogen-bond acceptors (Lipinski definition) is 6. The summed E-state index contributed by atoms with van der Waals surface area (Å²) < 4.78 is 0. The minimum atomic E-state index is -0.894. The molecule has 1 heterocycles. The Labute approximate surface area is 214 Å². The van der Waals surface area contributed by atoms with Crippen LogP contribution in [0.5, 0.6) is 0 Å². The Hall–Kier alpha value is -2.37. The van der Waals surface area contributed by atoms with Crippen LogP contribution in [-0.4, -0.2) is 65.8 Å². The summed E-state index contributed by atoms with van der Waals surface area (Å²) >= 11 is 4.49. The summed E-state index contributed by atoms with van der Waals surface area (Å²) in [6, 6.07) is 18.7. The van der Waals surface area contributed by atoms with Crippen LogP contribution >= 0.6 is 12.6 Å². The van der Waals surface area contributed by atoms with Gasteiger partial charge in [-0.3, -0.25) is 9.69 Å². The van der Waals surface area contributed by atoms with Crippen molar-refractivity contribution in [3.8, 4) is 17.2 Å². The molecule has 2 aliphatic rings. The minimum absolute atomic E-state index is 0.224. The van der Waals surface area contributed by atoms with E-state index in [1.54, 1.807) is 0 Å². The van der Waals surface area contributed by atoms with Crippen LogP contribution in [0.4, 0.5) is 0 Å². The highest BCUT2D eigenvalue weighted by molar-refractivity contribution is 7.80. The summed E-state index contributed by atoms with van der Waals surface area (Å²) in [6.45, 7) is 5.49. The molecule has 7 heteroatoms. The SMILES string of the molecule is CN1CCN(Cc2ccc(-c3ccc(CC(C#N)NC(=O)C4(N)CCC(S)CC4)cc3)cc2)CC1. The van der Waals surface area contributed by atoms with Gasteiger partial charge in [-0.25, -0.2) is 0 Å². The van der Waals surface area contributed by atoms with Gasteiger partial charge in [-0.2, -0.15) is 17.9 Å². The molecular formula is C28H37N5OS. The number of nitrogens with zero attached hydrogens (tertiary/aromatic N) is 3. The first kappa shape index (κ1) is 25.7. The molecule has 4 rings (SSSR count). The molecule has 2 aromatic carbocycles. The van der Waals surface area contributed by atoms with Crippen molar-refractivity contribution in [1.82, 2.24) is 15.1 Å². The summed E-state index contributed by atoms with van der Waals surface area (Å²) in [5.74, 6) is -0.224. The van der Waals surface area contributed by atoms with Crippen LogP contribution in [-0.2, 0) is 17.8 Å². The van der Waals surface area contributed by atoms with Gasteiger partial charge in [0.15, 0.2) is 0 Å². The van der Waals surface area contributed by atoms with Gasteiger partial charge >= 0.3 is 0 Å². The lowest BCUT2D eigenvalue weighted by atomic mass is 9.81. The lowest BCUT2D eigenvalue weighted by Crippen LogP contribution is -2.58. The Bertz CT molecular complexity index is 1020. The third kappa shape index (κ3) is 6.86. The number of piperazine rings is 1. The maximum Gasteiger partial charge on any atom is 0.241 e. The summed E-state index contributed by atoms with van der Waals surface area (Å²) in [7, 11) is 2.18. The van der Waals surface area contributed by atoms with Crippen LogP contribution in [0, 0.1) is 11.3 Å². The molecule has 1 saturated heterocycles. The van der Waals surface area contributed by atoms with Crippen molar-refractivity contribution < 1.29 is 4.79 Å². The van der Waals surface area contributed by atoms with Gasteiger partial charge < -0.3 is 16.0 Å². The fraction of sp³-hybridized carbons (Fsp3) is 0.500. The largest absolute Gasteiger partial charge is 0.338 e. The zero-order valence-electron chi connectivity index (χ0n) is 20.6. The quantitative estimate of drug-likeness (QED) is 0.518. The highest BCUT2D eigenvalue weighted by Crippen LogP contribution is 2.29. The number of nitriles is 1. The fourth-order valence-electron chi connectivity index (χ4n) is 4.91. The lowest BCUT2D eigenvalue weighted by Gasteiger charge is -2.34. The Morgan fingerprint density at radius 1 is 1.06 bits per heavy atom. The summed E-state index contributed by atoms with van der Waals surface area (Å²) in [5.41, 5.74) is 10.1. The Kier molecular flexibility index (Phi) is 8.51. The molecule has 186 valence electrons. The number of benzene rings is 2. The molecule has 0 radical (unpaired) electrons. The summed E-state index contributed by atoms with van der Waals surface area (Å²) in [4.78, 5) is 17.7. The van der Waals surface area contributed by atoms with Crippen LogP contribution in [0.25, 0.3) is 11.1 Å². The van der Waals surface area contributed by atoms with Crippen LogP contribution in [0.1, 0.15) is 36.8 Å². The highest BCUT2D eigenvalue weighted by atomic mass is 32.1. The van der Waals surface area contributed by atoms with E-state index in [1.807, 2.05) is 12.1 Å². The normalized spacial score (nSPS) is 24.5. The van der Waals surface area contributed by atoms with Crippen molar-refractivity contribution in [2.45, 2.75) is 55.5 Å². The van der Waals surface area contributed by atoms with E-state index in [0.29, 0.717) is 24.5 Å². The fourth-order valence-corrected chi connectivity index (χ4v) is 5.17. The first-order chi connectivity index (χ1) is 16.8. The van der Waals surface area contributed by atoms with E-state index in [2.05, 4.69) is 77.3 Å². The molecule has 1 unspecified atom stereocenters. The van der Waals surface area contributed by atoms with E-state index >= 15 is 0 Å². The van der Waals surface area contributed by atoms with Gasteiger partial charge in [0.2, 0.25) is 5.91 Å². The zero-order chi connectivity index (χ0) is 24.8. The molecule has 0 spiro atoms. The van der Waals surface area contributed by atoms with E-state index in [1.165, 1.54) is 11.1 Å². The summed E-state index contributed by atoms with van der Waals surface area (Å²) in [5, 5.41) is 12.8. The van der Waals surface area contributed by atoms with Gasteiger partial charge in [0.1, 0.15) is 6.04 Å². The molecular weight excluding hydrogens is 454 g/mol. The predicted molar refractivity (Wildman–Crippen MR) is 144 cm³/mol. The number of carbonyl (C=O) groups excluding carboxylic acids is 1. The van der Waals surface area contributed by atoms with E-state index in [4.69, 9.17) is 5.73 Å².